The van der Waals surface area contributed by atoms with Gasteiger partial charge in [-0.15, -0.1) is 0 Å². The lowest BCUT2D eigenvalue weighted by atomic mass is 10.1. The standard InChI is InChI=1S/C13H19ClN2O/c1-13(2,3)17-12-5-9(14)4-11(6-12)16-7-10(15)8-16/h4-6,10H,7-8,15H2,1-3H3. The van der Waals surface area contributed by atoms with E-state index in [9.17, 15) is 0 Å². The van der Waals surface area contributed by atoms with E-state index in [-0.39, 0.29) is 11.6 Å². The molecule has 0 aromatic heterocycles. The number of hydrogen-bond donors (Lipinski definition) is 1. The van der Waals surface area contributed by atoms with E-state index in [2.05, 4.69) is 4.90 Å². The Labute approximate surface area is 107 Å². The Hall–Kier alpha value is -0.930. The van der Waals surface area contributed by atoms with E-state index >= 15 is 0 Å². The molecular weight excluding hydrogens is 236 g/mol. The van der Waals surface area contributed by atoms with Crippen LogP contribution in [0.4, 0.5) is 5.69 Å². The molecule has 17 heavy (non-hydrogen) atoms. The smallest absolute Gasteiger partial charge is 0.123 e. The Kier molecular flexibility index (Phi) is 3.23. The molecule has 0 radical (unpaired) electrons. The van der Waals surface area contributed by atoms with Gasteiger partial charge in [-0.05, 0) is 32.9 Å². The third kappa shape index (κ3) is 3.27. The van der Waals surface area contributed by atoms with Crippen molar-refractivity contribution in [1.29, 1.82) is 0 Å². The molecule has 1 aromatic carbocycles. The zero-order valence-corrected chi connectivity index (χ0v) is 11.3. The van der Waals surface area contributed by atoms with E-state index in [1.165, 1.54) is 0 Å². The summed E-state index contributed by atoms with van der Waals surface area (Å²) in [5.74, 6) is 0.806. The Bertz CT molecular complexity index is 408. The van der Waals surface area contributed by atoms with Gasteiger partial charge in [0, 0.05) is 35.9 Å². The molecule has 3 nitrogen and oxygen atoms in total. The number of ether oxygens (including phenoxy) is 1. The van der Waals surface area contributed by atoms with E-state index in [1.54, 1.807) is 0 Å². The predicted molar refractivity (Wildman–Crippen MR) is 72.0 cm³/mol. The highest BCUT2D eigenvalue weighted by molar-refractivity contribution is 6.31. The van der Waals surface area contributed by atoms with E-state index < -0.39 is 0 Å². The average molecular weight is 255 g/mol. The lowest BCUT2D eigenvalue weighted by Gasteiger charge is -2.39. The van der Waals surface area contributed by atoms with E-state index in [4.69, 9.17) is 22.1 Å². The molecule has 0 unspecified atom stereocenters. The first kappa shape index (κ1) is 12.5. The molecule has 1 fully saturated rings. The molecule has 1 aliphatic rings. The Balaban J connectivity index is 2.18. The monoisotopic (exact) mass is 254 g/mol. The maximum Gasteiger partial charge on any atom is 0.123 e. The number of halogens is 1. The minimum absolute atomic E-state index is 0.215. The number of hydrogen-bond acceptors (Lipinski definition) is 3. The fourth-order valence-electron chi connectivity index (χ4n) is 1.87. The zero-order chi connectivity index (χ0) is 12.6. The largest absolute Gasteiger partial charge is 0.488 e. The quantitative estimate of drug-likeness (QED) is 0.882. The second-order valence-corrected chi connectivity index (χ2v) is 5.96. The van der Waals surface area contributed by atoms with Crippen LogP contribution in [0.1, 0.15) is 20.8 Å². The van der Waals surface area contributed by atoms with Crippen LogP contribution in [0.15, 0.2) is 18.2 Å². The number of nitrogens with zero attached hydrogens (tertiary/aromatic N) is 1. The highest BCUT2D eigenvalue weighted by atomic mass is 35.5. The van der Waals surface area contributed by atoms with Crippen molar-refractivity contribution in [2.75, 3.05) is 18.0 Å². The maximum atomic E-state index is 6.10. The first-order valence-electron chi connectivity index (χ1n) is 5.84. The van der Waals surface area contributed by atoms with Gasteiger partial charge in [0.15, 0.2) is 0 Å². The van der Waals surface area contributed by atoms with Crippen LogP contribution in [-0.2, 0) is 0 Å². The molecule has 2 rings (SSSR count). The Morgan fingerprint density at radius 2 is 1.94 bits per heavy atom. The summed E-state index contributed by atoms with van der Waals surface area (Å²) in [5.41, 5.74) is 6.65. The van der Waals surface area contributed by atoms with Crippen molar-refractivity contribution in [1.82, 2.24) is 0 Å². The summed E-state index contributed by atoms with van der Waals surface area (Å²) in [6.45, 7) is 7.83. The molecule has 1 saturated heterocycles. The molecule has 0 saturated carbocycles. The van der Waals surface area contributed by atoms with Gasteiger partial charge in [-0.2, -0.15) is 0 Å². The van der Waals surface area contributed by atoms with Gasteiger partial charge in [-0.1, -0.05) is 11.6 Å². The molecule has 94 valence electrons. The van der Waals surface area contributed by atoms with Crippen molar-refractivity contribution in [3.05, 3.63) is 23.2 Å². The third-order valence-corrected chi connectivity index (χ3v) is 2.77. The van der Waals surface area contributed by atoms with Crippen molar-refractivity contribution in [2.24, 2.45) is 5.73 Å². The number of benzene rings is 1. The van der Waals surface area contributed by atoms with Crippen molar-refractivity contribution < 1.29 is 4.74 Å². The van der Waals surface area contributed by atoms with Gasteiger partial charge in [-0.3, -0.25) is 0 Å². The molecule has 1 aromatic rings. The lowest BCUT2D eigenvalue weighted by molar-refractivity contribution is 0.131. The Morgan fingerprint density at radius 1 is 1.29 bits per heavy atom. The van der Waals surface area contributed by atoms with Gasteiger partial charge in [0.2, 0.25) is 0 Å². The maximum absolute atomic E-state index is 6.10. The van der Waals surface area contributed by atoms with Crippen LogP contribution in [0.2, 0.25) is 5.02 Å². The van der Waals surface area contributed by atoms with E-state index in [0.29, 0.717) is 5.02 Å². The summed E-state index contributed by atoms with van der Waals surface area (Å²) >= 11 is 6.10. The van der Waals surface area contributed by atoms with Gasteiger partial charge in [0.05, 0.1) is 0 Å². The summed E-state index contributed by atoms with van der Waals surface area (Å²) in [7, 11) is 0. The van der Waals surface area contributed by atoms with Gasteiger partial charge in [-0.25, -0.2) is 0 Å². The first-order chi connectivity index (χ1) is 7.83. The minimum atomic E-state index is -0.215. The lowest BCUT2D eigenvalue weighted by Crippen LogP contribution is -2.55. The molecule has 2 N–H and O–H groups in total. The topological polar surface area (TPSA) is 38.5 Å². The number of anilines is 1. The van der Waals surface area contributed by atoms with E-state index in [1.807, 2.05) is 39.0 Å². The zero-order valence-electron chi connectivity index (χ0n) is 10.5. The second kappa shape index (κ2) is 4.39. The van der Waals surface area contributed by atoms with Gasteiger partial charge in [0.25, 0.3) is 0 Å². The number of rotatable bonds is 2. The average Bonchev–Trinajstić information content (AvgIpc) is 2.08. The van der Waals surface area contributed by atoms with Gasteiger partial charge in [0.1, 0.15) is 11.4 Å². The van der Waals surface area contributed by atoms with Crippen molar-refractivity contribution in [3.8, 4) is 5.75 Å². The van der Waals surface area contributed by atoms with Gasteiger partial charge < -0.3 is 15.4 Å². The van der Waals surface area contributed by atoms with Crippen LogP contribution < -0.4 is 15.4 Å². The SMILES string of the molecule is CC(C)(C)Oc1cc(Cl)cc(N2CC(N)C2)c1. The van der Waals surface area contributed by atoms with E-state index in [0.717, 1.165) is 24.5 Å². The first-order valence-corrected chi connectivity index (χ1v) is 6.21. The molecule has 0 spiro atoms. The summed E-state index contributed by atoms with van der Waals surface area (Å²) in [5, 5.41) is 0.697. The van der Waals surface area contributed by atoms with Crippen molar-refractivity contribution in [3.63, 3.8) is 0 Å². The summed E-state index contributed by atoms with van der Waals surface area (Å²) in [6.07, 6.45) is 0. The molecule has 0 atom stereocenters. The minimum Gasteiger partial charge on any atom is -0.488 e. The molecule has 1 aliphatic heterocycles. The highest BCUT2D eigenvalue weighted by Gasteiger charge is 2.24. The molecule has 0 aliphatic carbocycles. The van der Waals surface area contributed by atoms with Crippen LogP contribution in [0.5, 0.6) is 5.75 Å². The summed E-state index contributed by atoms with van der Waals surface area (Å²) in [4.78, 5) is 2.20. The predicted octanol–water partition coefficient (Wildman–Crippen LogP) is 2.66. The third-order valence-electron chi connectivity index (χ3n) is 2.56. The van der Waals surface area contributed by atoms with Crippen LogP contribution in [0, 0.1) is 0 Å². The van der Waals surface area contributed by atoms with Crippen LogP contribution >= 0.6 is 11.6 Å². The molecule has 1 heterocycles. The molecular formula is C13H19ClN2O. The Morgan fingerprint density at radius 3 is 2.47 bits per heavy atom. The van der Waals surface area contributed by atoms with Crippen LogP contribution in [0.25, 0.3) is 0 Å². The van der Waals surface area contributed by atoms with Crippen LogP contribution in [0.3, 0.4) is 0 Å². The molecule has 0 amide bonds. The van der Waals surface area contributed by atoms with Crippen molar-refractivity contribution >= 4 is 17.3 Å². The van der Waals surface area contributed by atoms with Crippen LogP contribution in [-0.4, -0.2) is 24.7 Å². The highest BCUT2D eigenvalue weighted by Crippen LogP contribution is 2.31. The van der Waals surface area contributed by atoms with Gasteiger partial charge >= 0.3 is 0 Å². The summed E-state index contributed by atoms with van der Waals surface area (Å²) in [6, 6.07) is 6.09. The second-order valence-electron chi connectivity index (χ2n) is 5.52. The number of nitrogens with two attached hydrogens (primary N) is 1. The molecule has 0 bridgehead atoms. The fourth-order valence-corrected chi connectivity index (χ4v) is 2.09. The van der Waals surface area contributed by atoms with Crippen molar-refractivity contribution in [2.45, 2.75) is 32.4 Å². The summed E-state index contributed by atoms with van der Waals surface area (Å²) < 4.78 is 5.83. The normalized spacial score (nSPS) is 16.9. The fraction of sp³-hybridized carbons (Fsp3) is 0.538. The molecule has 4 heteroatoms.